The quantitative estimate of drug-likeness (QED) is 0.564. The molecule has 4 rings (SSSR count). The van der Waals surface area contributed by atoms with Crippen molar-refractivity contribution < 1.29 is 14.4 Å². The summed E-state index contributed by atoms with van der Waals surface area (Å²) in [6.45, 7) is 7.95. The van der Waals surface area contributed by atoms with Crippen LogP contribution in [0.1, 0.15) is 24.2 Å². The van der Waals surface area contributed by atoms with Crippen LogP contribution in [0.15, 0.2) is 59.4 Å². The van der Waals surface area contributed by atoms with Gasteiger partial charge in [-0.3, -0.25) is 19.4 Å². The zero-order valence-electron chi connectivity index (χ0n) is 16.7. The molecule has 1 fully saturated rings. The number of carbonyl (C=O) groups excluding carboxylic acids is 3. The molecule has 3 amide bonds. The minimum Gasteiger partial charge on any atom is -0.311 e. The molecule has 0 spiro atoms. The van der Waals surface area contributed by atoms with E-state index in [1.165, 1.54) is 4.90 Å². The molecule has 0 radical (unpaired) electrons. The number of guanidine groups is 1. The maximum absolute atomic E-state index is 13.3. The summed E-state index contributed by atoms with van der Waals surface area (Å²) in [7, 11) is 1.61. The highest BCUT2D eigenvalue weighted by atomic mass is 16.2. The molecule has 0 aromatic heterocycles. The number of hydrogen-bond donors (Lipinski definition) is 0. The lowest BCUT2D eigenvalue weighted by molar-refractivity contribution is -0.136. The van der Waals surface area contributed by atoms with Crippen molar-refractivity contribution in [1.82, 2.24) is 19.6 Å². The van der Waals surface area contributed by atoms with Crippen molar-refractivity contribution in [3.63, 3.8) is 0 Å². The number of Topliss-reactive ketones (excluding diaryl/α,β-unsaturated/α-hetero) is 1. The van der Waals surface area contributed by atoms with Crippen LogP contribution in [-0.2, 0) is 4.79 Å². The largest absolute Gasteiger partial charge is 0.328 e. The minimum absolute atomic E-state index is 0.281. The molecule has 150 valence electrons. The molecule has 8 nitrogen and oxygen atoms in total. The van der Waals surface area contributed by atoms with E-state index in [2.05, 4.69) is 11.6 Å². The second kappa shape index (κ2) is 6.88. The van der Waals surface area contributed by atoms with Gasteiger partial charge in [-0.25, -0.2) is 9.79 Å². The van der Waals surface area contributed by atoms with Gasteiger partial charge in [0.2, 0.25) is 5.96 Å². The lowest BCUT2D eigenvalue weighted by Gasteiger charge is -2.40. The predicted octanol–water partition coefficient (Wildman–Crippen LogP) is 1.88. The molecule has 2 unspecified atom stereocenters. The number of hydrogen-bond acceptors (Lipinski definition) is 6. The number of imide groups is 1. The molecule has 2 atom stereocenters. The number of urea groups is 1. The van der Waals surface area contributed by atoms with Gasteiger partial charge in [-0.05, 0) is 13.8 Å². The summed E-state index contributed by atoms with van der Waals surface area (Å²) in [4.78, 5) is 49.9. The number of allylic oxidation sites excluding steroid dienone is 2. The van der Waals surface area contributed by atoms with Gasteiger partial charge in [0.1, 0.15) is 0 Å². The zero-order valence-corrected chi connectivity index (χ0v) is 16.7. The number of rotatable bonds is 5. The first-order chi connectivity index (χ1) is 13.9. The van der Waals surface area contributed by atoms with Crippen LogP contribution in [0, 0.1) is 0 Å². The molecular weight excluding hydrogens is 370 g/mol. The lowest BCUT2D eigenvalue weighted by atomic mass is 10.1. The van der Waals surface area contributed by atoms with Crippen molar-refractivity contribution in [1.29, 1.82) is 0 Å². The summed E-state index contributed by atoms with van der Waals surface area (Å²) >= 11 is 0. The van der Waals surface area contributed by atoms with Gasteiger partial charge in [-0.1, -0.05) is 36.4 Å². The smallest absolute Gasteiger partial charge is 0.311 e. The Balaban J connectivity index is 1.65. The van der Waals surface area contributed by atoms with Gasteiger partial charge in [0.05, 0.1) is 6.54 Å². The molecule has 1 aromatic carbocycles. The minimum atomic E-state index is -0.680. The first-order valence-electron chi connectivity index (χ1n) is 9.46. The van der Waals surface area contributed by atoms with Crippen LogP contribution in [0.4, 0.5) is 4.79 Å². The van der Waals surface area contributed by atoms with E-state index in [0.717, 1.165) is 16.3 Å². The fourth-order valence-corrected chi connectivity index (χ4v) is 4.03. The molecule has 0 saturated carbocycles. The Labute approximate surface area is 169 Å². The molecule has 3 aliphatic heterocycles. The monoisotopic (exact) mass is 393 g/mol. The molecule has 3 aliphatic rings. The predicted molar refractivity (Wildman–Crippen MR) is 108 cm³/mol. The van der Waals surface area contributed by atoms with Gasteiger partial charge in [-0.2, -0.15) is 0 Å². The normalized spacial score (nSPS) is 23.5. The summed E-state index contributed by atoms with van der Waals surface area (Å²) in [6, 6.07) is 7.47. The highest BCUT2D eigenvalue weighted by Crippen LogP contribution is 2.37. The molecule has 29 heavy (non-hydrogen) atoms. The number of likely N-dealkylation sites (N-methyl/N-ethyl adjacent to an activating group) is 1. The van der Waals surface area contributed by atoms with Gasteiger partial charge < -0.3 is 9.80 Å². The number of ketones is 1. The molecule has 0 aliphatic carbocycles. The summed E-state index contributed by atoms with van der Waals surface area (Å²) in [5.41, 5.74) is 2.36. The Morgan fingerprint density at radius 2 is 1.83 bits per heavy atom. The topological polar surface area (TPSA) is 76.5 Å². The average molecular weight is 393 g/mol. The standard InChI is InChI=1S/C21H23N5O3/c1-5-11-24-13(2)14(3)26-17-18(22-20(24)26)23(4)21(29)25(19(17)28)12-16(27)15-9-7-6-8-10-15/h5-10,17-18H,1,11-12H2,2-4H3. The lowest BCUT2D eigenvalue weighted by Crippen LogP contribution is -2.65. The van der Waals surface area contributed by atoms with Gasteiger partial charge in [0.15, 0.2) is 18.0 Å². The summed E-state index contributed by atoms with van der Waals surface area (Å²) < 4.78 is 0. The van der Waals surface area contributed by atoms with Crippen LogP contribution in [0.25, 0.3) is 0 Å². The Hall–Kier alpha value is -3.42. The number of benzene rings is 1. The third-order valence-corrected chi connectivity index (χ3v) is 5.71. The van der Waals surface area contributed by atoms with Gasteiger partial charge in [0, 0.05) is 30.5 Å². The van der Waals surface area contributed by atoms with E-state index in [-0.39, 0.29) is 12.3 Å². The average Bonchev–Trinajstić information content (AvgIpc) is 3.22. The zero-order chi connectivity index (χ0) is 20.9. The Morgan fingerprint density at radius 3 is 2.48 bits per heavy atom. The Morgan fingerprint density at radius 1 is 1.14 bits per heavy atom. The van der Waals surface area contributed by atoms with Crippen LogP contribution in [-0.4, -0.2) is 75.6 Å². The first-order valence-corrected chi connectivity index (χ1v) is 9.46. The van der Waals surface area contributed by atoms with Crippen LogP contribution in [0.3, 0.4) is 0 Å². The molecule has 0 bridgehead atoms. The van der Waals surface area contributed by atoms with Crippen molar-refractivity contribution in [2.24, 2.45) is 4.99 Å². The fraction of sp³-hybridized carbons (Fsp3) is 0.333. The number of fused-ring (bicyclic) bond motifs is 3. The van der Waals surface area contributed by atoms with Crippen LogP contribution >= 0.6 is 0 Å². The SMILES string of the molecule is C=CCN1C2=NC3C(C(=O)N(CC(=O)c4ccccc4)C(=O)N3C)N2C(C)=C1C. The van der Waals surface area contributed by atoms with E-state index in [4.69, 9.17) is 0 Å². The molecule has 1 aromatic rings. The van der Waals surface area contributed by atoms with Crippen molar-refractivity contribution in [3.05, 3.63) is 59.9 Å². The highest BCUT2D eigenvalue weighted by molar-refractivity contribution is 6.09. The van der Waals surface area contributed by atoms with Crippen molar-refractivity contribution >= 4 is 23.7 Å². The molecule has 3 heterocycles. The molecule has 8 heteroatoms. The maximum Gasteiger partial charge on any atom is 0.328 e. The summed E-state index contributed by atoms with van der Waals surface area (Å²) in [5, 5.41) is 0. The van der Waals surface area contributed by atoms with Crippen molar-refractivity contribution in [3.8, 4) is 0 Å². The number of carbonyl (C=O) groups is 3. The fourth-order valence-electron chi connectivity index (χ4n) is 4.03. The van der Waals surface area contributed by atoms with Crippen LogP contribution < -0.4 is 0 Å². The third kappa shape index (κ3) is 2.74. The third-order valence-electron chi connectivity index (χ3n) is 5.71. The Kier molecular flexibility index (Phi) is 4.49. The number of aliphatic imine (C=N–C) groups is 1. The first kappa shape index (κ1) is 18.9. The van der Waals surface area contributed by atoms with E-state index >= 15 is 0 Å². The van der Waals surface area contributed by atoms with Crippen LogP contribution in [0.5, 0.6) is 0 Å². The van der Waals surface area contributed by atoms with E-state index < -0.39 is 24.1 Å². The number of amides is 3. The van der Waals surface area contributed by atoms with Gasteiger partial charge >= 0.3 is 6.03 Å². The van der Waals surface area contributed by atoms with Crippen LogP contribution in [0.2, 0.25) is 0 Å². The van der Waals surface area contributed by atoms with E-state index in [1.54, 1.807) is 37.4 Å². The van der Waals surface area contributed by atoms with E-state index in [0.29, 0.717) is 18.1 Å². The van der Waals surface area contributed by atoms with Gasteiger partial charge in [-0.15, -0.1) is 6.58 Å². The van der Waals surface area contributed by atoms with Crippen molar-refractivity contribution in [2.75, 3.05) is 20.1 Å². The molecular formula is C21H23N5O3. The summed E-state index contributed by atoms with van der Waals surface area (Å²) in [5.74, 6) is -0.0516. The number of nitrogens with zero attached hydrogens (tertiary/aromatic N) is 5. The highest BCUT2D eigenvalue weighted by Gasteiger charge is 2.55. The maximum atomic E-state index is 13.3. The Bertz CT molecular complexity index is 968. The molecule has 1 saturated heterocycles. The van der Waals surface area contributed by atoms with E-state index in [1.807, 2.05) is 29.7 Å². The molecule has 0 N–H and O–H groups in total. The van der Waals surface area contributed by atoms with E-state index in [9.17, 15) is 14.4 Å². The van der Waals surface area contributed by atoms with Crippen molar-refractivity contribution in [2.45, 2.75) is 26.1 Å². The second-order valence-electron chi connectivity index (χ2n) is 7.33. The van der Waals surface area contributed by atoms with Gasteiger partial charge in [0.25, 0.3) is 5.91 Å². The summed E-state index contributed by atoms with van der Waals surface area (Å²) in [6.07, 6.45) is 1.15. The second-order valence-corrected chi connectivity index (χ2v) is 7.33.